The van der Waals surface area contributed by atoms with Crippen molar-refractivity contribution < 1.29 is 13.2 Å². The largest absolute Gasteiger partial charge is 0.381 e. The Bertz CT molecular complexity index is 592. The standard InChI is InChI=1S/C17H29NO3S/c1-7-10-21-11-8-9-18-22(19,20)17-15(5)13(3)12(2)14(4)16(17)6/h18H,7-11H2,1-6H3. The maximum absolute atomic E-state index is 12.6. The lowest BCUT2D eigenvalue weighted by molar-refractivity contribution is 0.133. The quantitative estimate of drug-likeness (QED) is 0.745. The Morgan fingerprint density at radius 2 is 1.36 bits per heavy atom. The minimum absolute atomic E-state index is 0.400. The van der Waals surface area contributed by atoms with Gasteiger partial charge in [-0.3, -0.25) is 0 Å². The number of hydrogen-bond acceptors (Lipinski definition) is 3. The van der Waals surface area contributed by atoms with E-state index in [-0.39, 0.29) is 0 Å². The van der Waals surface area contributed by atoms with Crippen LogP contribution in [0.1, 0.15) is 47.6 Å². The zero-order chi connectivity index (χ0) is 16.9. The van der Waals surface area contributed by atoms with Crippen molar-refractivity contribution in [2.24, 2.45) is 0 Å². The molecule has 0 amide bonds. The third-order valence-corrected chi connectivity index (χ3v) is 6.04. The molecule has 0 aromatic heterocycles. The van der Waals surface area contributed by atoms with Crippen LogP contribution in [0.25, 0.3) is 0 Å². The Hall–Kier alpha value is -0.910. The van der Waals surface area contributed by atoms with Crippen LogP contribution >= 0.6 is 0 Å². The van der Waals surface area contributed by atoms with Gasteiger partial charge < -0.3 is 4.74 Å². The van der Waals surface area contributed by atoms with Gasteiger partial charge in [0.15, 0.2) is 0 Å². The molecule has 0 unspecified atom stereocenters. The van der Waals surface area contributed by atoms with E-state index in [9.17, 15) is 8.42 Å². The highest BCUT2D eigenvalue weighted by Gasteiger charge is 2.23. The van der Waals surface area contributed by atoms with Gasteiger partial charge >= 0.3 is 0 Å². The first kappa shape index (κ1) is 19.1. The summed E-state index contributed by atoms with van der Waals surface area (Å²) in [6, 6.07) is 0. The molecular formula is C17H29NO3S. The van der Waals surface area contributed by atoms with Crippen LogP contribution in [0.3, 0.4) is 0 Å². The molecule has 1 N–H and O–H groups in total. The summed E-state index contributed by atoms with van der Waals surface area (Å²) in [5.41, 5.74) is 4.96. The number of ether oxygens (including phenoxy) is 1. The summed E-state index contributed by atoms with van der Waals surface area (Å²) in [4.78, 5) is 0.433. The molecule has 0 fully saturated rings. The molecule has 0 saturated carbocycles. The molecule has 1 rings (SSSR count). The van der Waals surface area contributed by atoms with Crippen molar-refractivity contribution in [3.8, 4) is 0 Å². The minimum Gasteiger partial charge on any atom is -0.381 e. The summed E-state index contributed by atoms with van der Waals surface area (Å²) in [5.74, 6) is 0. The Kier molecular flexibility index (Phi) is 7.03. The van der Waals surface area contributed by atoms with E-state index in [2.05, 4.69) is 11.6 Å². The van der Waals surface area contributed by atoms with E-state index in [1.54, 1.807) is 0 Å². The van der Waals surface area contributed by atoms with E-state index < -0.39 is 10.0 Å². The third-order valence-electron chi connectivity index (χ3n) is 4.31. The van der Waals surface area contributed by atoms with E-state index in [4.69, 9.17) is 4.74 Å². The monoisotopic (exact) mass is 327 g/mol. The first-order valence-electron chi connectivity index (χ1n) is 7.88. The number of rotatable bonds is 8. The Labute approximate surface area is 135 Å². The van der Waals surface area contributed by atoms with Crippen molar-refractivity contribution in [1.82, 2.24) is 4.72 Å². The zero-order valence-electron chi connectivity index (χ0n) is 14.7. The smallest absolute Gasteiger partial charge is 0.241 e. The van der Waals surface area contributed by atoms with Crippen LogP contribution in [0.4, 0.5) is 0 Å². The van der Waals surface area contributed by atoms with E-state index in [0.29, 0.717) is 24.5 Å². The topological polar surface area (TPSA) is 55.4 Å². The fourth-order valence-electron chi connectivity index (χ4n) is 2.57. The number of nitrogens with one attached hydrogen (secondary N) is 1. The van der Waals surface area contributed by atoms with Gasteiger partial charge in [-0.05, 0) is 75.3 Å². The Balaban J connectivity index is 2.90. The van der Waals surface area contributed by atoms with Gasteiger partial charge in [-0.1, -0.05) is 6.92 Å². The van der Waals surface area contributed by atoms with Gasteiger partial charge in [0, 0.05) is 19.8 Å². The highest BCUT2D eigenvalue weighted by molar-refractivity contribution is 7.89. The van der Waals surface area contributed by atoms with Gasteiger partial charge in [0.25, 0.3) is 0 Å². The lowest BCUT2D eigenvalue weighted by atomic mass is 9.95. The number of hydrogen-bond donors (Lipinski definition) is 1. The summed E-state index contributed by atoms with van der Waals surface area (Å²) in [6.45, 7) is 13.5. The molecular weight excluding hydrogens is 298 g/mol. The van der Waals surface area contributed by atoms with E-state index in [1.807, 2.05) is 34.6 Å². The lowest BCUT2D eigenvalue weighted by Gasteiger charge is -2.19. The molecule has 0 aliphatic rings. The fraction of sp³-hybridized carbons (Fsp3) is 0.647. The summed E-state index contributed by atoms with van der Waals surface area (Å²) >= 11 is 0. The molecule has 0 heterocycles. The maximum atomic E-state index is 12.6. The predicted molar refractivity (Wildman–Crippen MR) is 91.0 cm³/mol. The van der Waals surface area contributed by atoms with Crippen LogP contribution in [-0.4, -0.2) is 28.2 Å². The molecule has 1 aromatic carbocycles. The molecule has 126 valence electrons. The SMILES string of the molecule is CCCOCCCNS(=O)(=O)c1c(C)c(C)c(C)c(C)c1C. The minimum atomic E-state index is -3.48. The highest BCUT2D eigenvalue weighted by atomic mass is 32.2. The van der Waals surface area contributed by atoms with E-state index in [0.717, 1.165) is 35.3 Å². The van der Waals surface area contributed by atoms with Gasteiger partial charge in [-0.2, -0.15) is 0 Å². The average Bonchev–Trinajstić information content (AvgIpc) is 2.46. The normalized spacial score (nSPS) is 11.9. The fourth-order valence-corrected chi connectivity index (χ4v) is 4.24. The van der Waals surface area contributed by atoms with E-state index >= 15 is 0 Å². The summed E-state index contributed by atoms with van der Waals surface area (Å²) < 4.78 is 33.3. The van der Waals surface area contributed by atoms with Gasteiger partial charge in [0.05, 0.1) is 4.90 Å². The molecule has 0 aliphatic heterocycles. The maximum Gasteiger partial charge on any atom is 0.241 e. The molecule has 22 heavy (non-hydrogen) atoms. The van der Waals surface area contributed by atoms with Crippen LogP contribution in [0, 0.1) is 34.6 Å². The van der Waals surface area contributed by atoms with Gasteiger partial charge in [-0.25, -0.2) is 13.1 Å². The van der Waals surface area contributed by atoms with Gasteiger partial charge in [-0.15, -0.1) is 0 Å². The Morgan fingerprint density at radius 3 is 1.86 bits per heavy atom. The predicted octanol–water partition coefficient (Wildman–Crippen LogP) is 3.32. The van der Waals surface area contributed by atoms with Gasteiger partial charge in [0.1, 0.15) is 0 Å². The highest BCUT2D eigenvalue weighted by Crippen LogP contribution is 2.29. The molecule has 0 aliphatic carbocycles. The summed E-state index contributed by atoms with van der Waals surface area (Å²) in [5, 5.41) is 0. The lowest BCUT2D eigenvalue weighted by Crippen LogP contribution is -2.27. The van der Waals surface area contributed by atoms with Gasteiger partial charge in [0.2, 0.25) is 10.0 Å². The molecule has 4 nitrogen and oxygen atoms in total. The summed E-state index contributed by atoms with van der Waals surface area (Å²) in [7, 11) is -3.48. The second-order valence-electron chi connectivity index (χ2n) is 5.82. The van der Waals surface area contributed by atoms with Crippen LogP contribution in [0.15, 0.2) is 4.90 Å². The second-order valence-corrected chi connectivity index (χ2v) is 7.52. The Morgan fingerprint density at radius 1 is 0.864 bits per heavy atom. The number of sulfonamides is 1. The van der Waals surface area contributed by atoms with E-state index in [1.165, 1.54) is 5.56 Å². The molecule has 0 atom stereocenters. The van der Waals surface area contributed by atoms with Crippen LogP contribution in [0.5, 0.6) is 0 Å². The molecule has 5 heteroatoms. The van der Waals surface area contributed by atoms with Crippen LogP contribution in [-0.2, 0) is 14.8 Å². The molecule has 0 bridgehead atoms. The zero-order valence-corrected chi connectivity index (χ0v) is 15.5. The molecule has 0 spiro atoms. The van der Waals surface area contributed by atoms with Crippen molar-refractivity contribution in [3.05, 3.63) is 27.8 Å². The van der Waals surface area contributed by atoms with Crippen molar-refractivity contribution in [2.45, 2.75) is 59.3 Å². The first-order valence-corrected chi connectivity index (χ1v) is 9.36. The molecule has 1 aromatic rings. The van der Waals surface area contributed by atoms with Crippen LogP contribution < -0.4 is 4.72 Å². The first-order chi connectivity index (χ1) is 10.2. The van der Waals surface area contributed by atoms with Crippen molar-refractivity contribution in [2.75, 3.05) is 19.8 Å². The summed E-state index contributed by atoms with van der Waals surface area (Å²) in [6.07, 6.45) is 1.66. The molecule has 0 saturated heterocycles. The van der Waals surface area contributed by atoms with Crippen molar-refractivity contribution in [1.29, 1.82) is 0 Å². The van der Waals surface area contributed by atoms with Crippen LogP contribution in [0.2, 0.25) is 0 Å². The number of benzene rings is 1. The van der Waals surface area contributed by atoms with Crippen molar-refractivity contribution >= 4 is 10.0 Å². The second kappa shape index (κ2) is 8.09. The molecule has 0 radical (unpaired) electrons. The average molecular weight is 327 g/mol. The third kappa shape index (κ3) is 4.31. The van der Waals surface area contributed by atoms with Crippen molar-refractivity contribution in [3.63, 3.8) is 0 Å².